The van der Waals surface area contributed by atoms with Crippen LogP contribution in [0.25, 0.3) is 0 Å². The van der Waals surface area contributed by atoms with Gasteiger partial charge in [0.1, 0.15) is 0 Å². The molecular weight excluding hydrogens is 86.1 g/mol. The van der Waals surface area contributed by atoms with Crippen molar-refractivity contribution >= 4 is 0 Å². The van der Waals surface area contributed by atoms with Gasteiger partial charge in [0.25, 0.3) is 0 Å². The van der Waals surface area contributed by atoms with Crippen molar-refractivity contribution in [1.82, 2.24) is 5.32 Å². The lowest BCUT2D eigenvalue weighted by Crippen LogP contribution is -2.64. The SMILES string of the molecule is C[C@H]1CC2CNC21. The number of nitrogens with one attached hydrogen (secondary N) is 1. The van der Waals surface area contributed by atoms with Gasteiger partial charge in [-0.3, -0.25) is 0 Å². The van der Waals surface area contributed by atoms with Crippen molar-refractivity contribution in [2.75, 3.05) is 6.54 Å². The average molecular weight is 97.2 g/mol. The molecule has 0 radical (unpaired) electrons. The molecule has 2 unspecified atom stereocenters. The Labute approximate surface area is 44.1 Å². The number of hydrogen-bond donors (Lipinski definition) is 1. The maximum absolute atomic E-state index is 3.39. The first-order valence-corrected chi connectivity index (χ1v) is 3.11. The maximum atomic E-state index is 3.39. The molecule has 7 heavy (non-hydrogen) atoms. The van der Waals surface area contributed by atoms with Crippen LogP contribution in [0.15, 0.2) is 0 Å². The van der Waals surface area contributed by atoms with Crippen LogP contribution in [0.1, 0.15) is 13.3 Å². The van der Waals surface area contributed by atoms with Crippen molar-refractivity contribution in [3.8, 4) is 0 Å². The third-order valence-electron chi connectivity index (χ3n) is 2.41. The van der Waals surface area contributed by atoms with Crippen molar-refractivity contribution in [3.05, 3.63) is 0 Å². The molecule has 0 amide bonds. The fraction of sp³-hybridized carbons (Fsp3) is 1.00. The van der Waals surface area contributed by atoms with E-state index in [1.807, 2.05) is 0 Å². The Balaban J connectivity index is 1.99. The van der Waals surface area contributed by atoms with Gasteiger partial charge in [-0.1, -0.05) is 6.92 Å². The van der Waals surface area contributed by atoms with E-state index in [4.69, 9.17) is 0 Å². The third-order valence-corrected chi connectivity index (χ3v) is 2.41. The Morgan fingerprint density at radius 3 is 2.43 bits per heavy atom. The normalized spacial score (nSPS) is 57.0. The largest absolute Gasteiger partial charge is 0.313 e. The van der Waals surface area contributed by atoms with Gasteiger partial charge in [-0.2, -0.15) is 0 Å². The standard InChI is InChI=1S/C6H11N/c1-4-2-5-3-7-6(4)5/h4-7H,2-3H2,1H3/t4-,5?,6?/m0/s1. The minimum Gasteiger partial charge on any atom is -0.313 e. The van der Waals surface area contributed by atoms with E-state index in [-0.39, 0.29) is 0 Å². The van der Waals surface area contributed by atoms with Gasteiger partial charge in [-0.15, -0.1) is 0 Å². The van der Waals surface area contributed by atoms with E-state index in [1.165, 1.54) is 13.0 Å². The molecule has 1 nitrogen and oxygen atoms in total. The van der Waals surface area contributed by atoms with Gasteiger partial charge < -0.3 is 5.32 Å². The monoisotopic (exact) mass is 97.1 g/mol. The van der Waals surface area contributed by atoms with Crippen LogP contribution in [-0.4, -0.2) is 12.6 Å². The van der Waals surface area contributed by atoms with Crippen molar-refractivity contribution in [2.24, 2.45) is 11.8 Å². The predicted molar refractivity (Wildman–Crippen MR) is 29.1 cm³/mol. The van der Waals surface area contributed by atoms with E-state index >= 15 is 0 Å². The highest BCUT2D eigenvalue weighted by atomic mass is 15.0. The van der Waals surface area contributed by atoms with Gasteiger partial charge in [0, 0.05) is 6.04 Å². The van der Waals surface area contributed by atoms with Crippen LogP contribution in [0.5, 0.6) is 0 Å². The fourth-order valence-corrected chi connectivity index (χ4v) is 1.74. The van der Waals surface area contributed by atoms with Gasteiger partial charge in [-0.05, 0) is 24.8 Å². The van der Waals surface area contributed by atoms with Gasteiger partial charge in [-0.25, -0.2) is 0 Å². The zero-order valence-electron chi connectivity index (χ0n) is 4.65. The van der Waals surface area contributed by atoms with Crippen LogP contribution < -0.4 is 5.32 Å². The molecule has 40 valence electrons. The Bertz CT molecular complexity index is 86.2. The minimum absolute atomic E-state index is 0.931. The molecule has 0 spiro atoms. The van der Waals surface area contributed by atoms with E-state index in [2.05, 4.69) is 12.2 Å². The van der Waals surface area contributed by atoms with E-state index in [0.717, 1.165) is 17.9 Å². The molecule has 1 saturated heterocycles. The molecule has 0 aromatic rings. The average Bonchev–Trinajstić information content (AvgIpc) is 1.59. The topological polar surface area (TPSA) is 12.0 Å². The van der Waals surface area contributed by atoms with Crippen LogP contribution in [0.3, 0.4) is 0 Å². The quantitative estimate of drug-likeness (QED) is 0.467. The Kier molecular flexibility index (Phi) is 0.571. The summed E-state index contributed by atoms with van der Waals surface area (Å²) in [6, 6.07) is 0.931. The summed E-state index contributed by atoms with van der Waals surface area (Å²) in [5.74, 6) is 2.06. The molecule has 1 heterocycles. The molecule has 2 rings (SSSR count). The summed E-state index contributed by atoms with van der Waals surface area (Å²) in [4.78, 5) is 0. The third kappa shape index (κ3) is 0.325. The van der Waals surface area contributed by atoms with Gasteiger partial charge in [0.15, 0.2) is 0 Å². The predicted octanol–water partition coefficient (Wildman–Crippen LogP) is 0.614. The van der Waals surface area contributed by atoms with E-state index in [9.17, 15) is 0 Å². The number of hydrogen-bond acceptors (Lipinski definition) is 1. The van der Waals surface area contributed by atoms with Gasteiger partial charge in [0.05, 0.1) is 0 Å². The number of rotatable bonds is 0. The summed E-state index contributed by atoms with van der Waals surface area (Å²) in [5, 5.41) is 3.39. The smallest absolute Gasteiger partial charge is 0.0133 e. The zero-order chi connectivity index (χ0) is 4.85. The highest BCUT2D eigenvalue weighted by Gasteiger charge is 2.43. The molecule has 1 saturated carbocycles. The van der Waals surface area contributed by atoms with Crippen molar-refractivity contribution < 1.29 is 0 Å². The first-order chi connectivity index (χ1) is 3.38. The molecule has 1 heteroatoms. The second-order valence-corrected chi connectivity index (χ2v) is 2.91. The summed E-state index contributed by atoms with van der Waals surface area (Å²) >= 11 is 0. The van der Waals surface area contributed by atoms with Gasteiger partial charge >= 0.3 is 0 Å². The van der Waals surface area contributed by atoms with Crippen molar-refractivity contribution in [2.45, 2.75) is 19.4 Å². The Morgan fingerprint density at radius 1 is 1.57 bits per heavy atom. The highest BCUT2D eigenvalue weighted by molar-refractivity contribution is 5.01. The summed E-state index contributed by atoms with van der Waals surface area (Å²) in [6.45, 7) is 3.63. The summed E-state index contributed by atoms with van der Waals surface area (Å²) < 4.78 is 0. The lowest BCUT2D eigenvalue weighted by atomic mass is 9.66. The number of fused-ring (bicyclic) bond motifs is 1. The van der Waals surface area contributed by atoms with Crippen LogP contribution in [0, 0.1) is 11.8 Å². The highest BCUT2D eigenvalue weighted by Crippen LogP contribution is 2.38. The molecule has 2 aliphatic rings. The molecule has 1 N–H and O–H groups in total. The molecule has 0 aromatic carbocycles. The fourth-order valence-electron chi connectivity index (χ4n) is 1.74. The second kappa shape index (κ2) is 1.03. The first kappa shape index (κ1) is 3.90. The summed E-state index contributed by atoms with van der Waals surface area (Å²) in [5.41, 5.74) is 0. The molecule has 1 aliphatic heterocycles. The van der Waals surface area contributed by atoms with E-state index in [1.54, 1.807) is 0 Å². The van der Waals surface area contributed by atoms with Crippen LogP contribution >= 0.6 is 0 Å². The first-order valence-electron chi connectivity index (χ1n) is 3.11. The Hall–Kier alpha value is -0.0400. The minimum atomic E-state index is 0.931. The Morgan fingerprint density at radius 2 is 2.43 bits per heavy atom. The van der Waals surface area contributed by atoms with Crippen LogP contribution in [-0.2, 0) is 0 Å². The molecule has 2 fully saturated rings. The lowest BCUT2D eigenvalue weighted by molar-refractivity contribution is 0.0408. The van der Waals surface area contributed by atoms with E-state index in [0.29, 0.717) is 0 Å². The molecule has 1 aliphatic carbocycles. The zero-order valence-corrected chi connectivity index (χ0v) is 4.65. The van der Waals surface area contributed by atoms with Crippen molar-refractivity contribution in [1.29, 1.82) is 0 Å². The van der Waals surface area contributed by atoms with Gasteiger partial charge in [0.2, 0.25) is 0 Å². The maximum Gasteiger partial charge on any atom is 0.0133 e. The van der Waals surface area contributed by atoms with Crippen molar-refractivity contribution in [3.63, 3.8) is 0 Å². The number of piperidine rings is 1. The second-order valence-electron chi connectivity index (χ2n) is 2.91. The summed E-state index contributed by atoms with van der Waals surface area (Å²) in [6.07, 6.45) is 1.48. The molecule has 3 atom stereocenters. The summed E-state index contributed by atoms with van der Waals surface area (Å²) in [7, 11) is 0. The molecule has 0 aromatic heterocycles. The molecular formula is C6H11N. The van der Waals surface area contributed by atoms with E-state index < -0.39 is 0 Å². The van der Waals surface area contributed by atoms with Crippen LogP contribution in [0.4, 0.5) is 0 Å². The van der Waals surface area contributed by atoms with Crippen LogP contribution in [0.2, 0.25) is 0 Å². The lowest BCUT2D eigenvalue weighted by Gasteiger charge is -2.52. The molecule has 0 bridgehead atoms.